The Morgan fingerprint density at radius 2 is 1.91 bits per heavy atom. The van der Waals surface area contributed by atoms with Gasteiger partial charge < -0.3 is 19.8 Å². The summed E-state index contributed by atoms with van der Waals surface area (Å²) < 4.78 is 0. The van der Waals surface area contributed by atoms with E-state index in [-0.39, 0.29) is 6.42 Å². The van der Waals surface area contributed by atoms with Gasteiger partial charge in [0.05, 0.1) is 0 Å². The Hall–Kier alpha value is -1.06. The maximum Gasteiger partial charge on any atom is 0.0442 e. The standard InChI is InChI=1S/C7H12O4/c1-5(7(10)11)3-2-4-6(8)9/h5H,2-4H2,1H3,(H,8,9)(H,10,11)/p-2. The molecule has 0 spiro atoms. The Bertz CT molecular complexity index is 153. The molecular weight excluding hydrogens is 148 g/mol. The summed E-state index contributed by atoms with van der Waals surface area (Å²) in [6.07, 6.45) is 0.575. The van der Waals surface area contributed by atoms with E-state index in [1.165, 1.54) is 6.92 Å². The molecule has 0 N–H and O–H groups in total. The molecule has 0 rings (SSSR count). The molecule has 0 amide bonds. The number of carboxylic acid groups (broad SMARTS) is 2. The van der Waals surface area contributed by atoms with Crippen LogP contribution in [0.3, 0.4) is 0 Å². The molecule has 0 saturated carbocycles. The largest absolute Gasteiger partial charge is 0.550 e. The first-order valence-electron chi connectivity index (χ1n) is 3.44. The van der Waals surface area contributed by atoms with Crippen molar-refractivity contribution >= 4 is 11.9 Å². The van der Waals surface area contributed by atoms with Gasteiger partial charge in [0.15, 0.2) is 0 Å². The van der Waals surface area contributed by atoms with Crippen molar-refractivity contribution in [1.82, 2.24) is 0 Å². The summed E-state index contributed by atoms with van der Waals surface area (Å²) in [5.74, 6) is -2.85. The molecule has 0 aliphatic rings. The molecule has 0 bridgehead atoms. The first-order valence-corrected chi connectivity index (χ1v) is 3.44. The van der Waals surface area contributed by atoms with Crippen molar-refractivity contribution in [3.05, 3.63) is 0 Å². The first kappa shape index (κ1) is 9.94. The third kappa shape index (κ3) is 5.39. The summed E-state index contributed by atoms with van der Waals surface area (Å²) in [5, 5.41) is 20.0. The average molecular weight is 158 g/mol. The topological polar surface area (TPSA) is 80.3 Å². The molecule has 0 heterocycles. The van der Waals surface area contributed by atoms with Crippen LogP contribution in [0.4, 0.5) is 0 Å². The second kappa shape index (κ2) is 4.71. The predicted molar refractivity (Wildman–Crippen MR) is 33.0 cm³/mol. The molecule has 0 aliphatic heterocycles. The van der Waals surface area contributed by atoms with Crippen LogP contribution in [0.25, 0.3) is 0 Å². The molecular formula is C7H10O4-2. The lowest BCUT2D eigenvalue weighted by Crippen LogP contribution is -2.30. The lowest BCUT2D eigenvalue weighted by Gasteiger charge is -2.11. The van der Waals surface area contributed by atoms with Crippen LogP contribution in [-0.4, -0.2) is 11.9 Å². The summed E-state index contributed by atoms with van der Waals surface area (Å²) in [7, 11) is 0. The molecule has 1 unspecified atom stereocenters. The fourth-order valence-corrected chi connectivity index (χ4v) is 0.670. The molecule has 0 aliphatic carbocycles. The minimum atomic E-state index is -1.14. The molecule has 0 aromatic carbocycles. The number of hydrogen-bond donors (Lipinski definition) is 0. The van der Waals surface area contributed by atoms with Gasteiger partial charge in [-0.25, -0.2) is 0 Å². The van der Waals surface area contributed by atoms with Crippen LogP contribution >= 0.6 is 0 Å². The number of hydrogen-bond acceptors (Lipinski definition) is 4. The summed E-state index contributed by atoms with van der Waals surface area (Å²) in [4.78, 5) is 20.0. The Morgan fingerprint density at radius 1 is 1.36 bits per heavy atom. The second-order valence-corrected chi connectivity index (χ2v) is 2.48. The number of carbonyl (C=O) groups is 2. The Morgan fingerprint density at radius 3 is 2.27 bits per heavy atom. The van der Waals surface area contributed by atoms with E-state index >= 15 is 0 Å². The SMILES string of the molecule is CC(CCCC(=O)[O-])C(=O)[O-]. The molecule has 0 saturated heterocycles. The Balaban J connectivity index is 3.39. The third-order valence-corrected chi connectivity index (χ3v) is 1.42. The van der Waals surface area contributed by atoms with Gasteiger partial charge in [0, 0.05) is 11.9 Å². The van der Waals surface area contributed by atoms with Gasteiger partial charge in [-0.15, -0.1) is 0 Å². The van der Waals surface area contributed by atoms with Crippen molar-refractivity contribution in [2.75, 3.05) is 0 Å². The fraction of sp³-hybridized carbons (Fsp3) is 0.714. The molecule has 1 atom stereocenters. The summed E-state index contributed by atoms with van der Waals surface area (Å²) in [6.45, 7) is 1.49. The van der Waals surface area contributed by atoms with Crippen LogP contribution in [0.15, 0.2) is 0 Å². The highest BCUT2D eigenvalue weighted by molar-refractivity contribution is 5.67. The maximum absolute atomic E-state index is 10.1. The van der Waals surface area contributed by atoms with Crippen LogP contribution in [0, 0.1) is 5.92 Å². The van der Waals surface area contributed by atoms with Gasteiger partial charge in [-0.3, -0.25) is 0 Å². The third-order valence-electron chi connectivity index (χ3n) is 1.42. The van der Waals surface area contributed by atoms with Crippen molar-refractivity contribution in [2.45, 2.75) is 26.2 Å². The summed E-state index contributed by atoms with van der Waals surface area (Å²) in [6, 6.07) is 0. The smallest absolute Gasteiger partial charge is 0.0442 e. The van der Waals surface area contributed by atoms with E-state index < -0.39 is 17.9 Å². The normalized spacial score (nSPS) is 12.5. The number of aliphatic carboxylic acids is 2. The van der Waals surface area contributed by atoms with Crippen LogP contribution in [0.2, 0.25) is 0 Å². The van der Waals surface area contributed by atoms with Gasteiger partial charge in [-0.1, -0.05) is 6.92 Å². The molecule has 0 radical (unpaired) electrons. The minimum Gasteiger partial charge on any atom is -0.550 e. The van der Waals surface area contributed by atoms with E-state index in [4.69, 9.17) is 0 Å². The van der Waals surface area contributed by atoms with Gasteiger partial charge in [0.2, 0.25) is 0 Å². The van der Waals surface area contributed by atoms with Crippen molar-refractivity contribution in [3.8, 4) is 0 Å². The van der Waals surface area contributed by atoms with Crippen LogP contribution in [0.1, 0.15) is 26.2 Å². The summed E-state index contributed by atoms with van der Waals surface area (Å²) in [5.41, 5.74) is 0. The molecule has 0 aromatic rings. The highest BCUT2D eigenvalue weighted by Gasteiger charge is 2.01. The van der Waals surface area contributed by atoms with Crippen LogP contribution in [-0.2, 0) is 9.59 Å². The van der Waals surface area contributed by atoms with E-state index in [2.05, 4.69) is 0 Å². The zero-order chi connectivity index (χ0) is 8.85. The van der Waals surface area contributed by atoms with Gasteiger partial charge >= 0.3 is 0 Å². The van der Waals surface area contributed by atoms with Gasteiger partial charge in [-0.2, -0.15) is 0 Å². The molecule has 64 valence electrons. The fourth-order valence-electron chi connectivity index (χ4n) is 0.670. The van der Waals surface area contributed by atoms with Crippen molar-refractivity contribution in [3.63, 3.8) is 0 Å². The molecule has 4 heteroatoms. The van der Waals surface area contributed by atoms with Crippen LogP contribution in [0.5, 0.6) is 0 Å². The molecule has 4 nitrogen and oxygen atoms in total. The van der Waals surface area contributed by atoms with Gasteiger partial charge in [0.25, 0.3) is 0 Å². The lowest BCUT2D eigenvalue weighted by atomic mass is 10.1. The van der Waals surface area contributed by atoms with Gasteiger partial charge in [-0.05, 0) is 25.2 Å². The predicted octanol–water partition coefficient (Wildman–Crippen LogP) is -1.71. The lowest BCUT2D eigenvalue weighted by molar-refractivity contribution is -0.312. The molecule has 0 fully saturated rings. The van der Waals surface area contributed by atoms with Crippen LogP contribution < -0.4 is 10.2 Å². The monoisotopic (exact) mass is 158 g/mol. The number of carboxylic acids is 2. The second-order valence-electron chi connectivity index (χ2n) is 2.48. The highest BCUT2D eigenvalue weighted by atomic mass is 16.4. The zero-order valence-corrected chi connectivity index (χ0v) is 6.33. The van der Waals surface area contributed by atoms with Gasteiger partial charge in [0.1, 0.15) is 0 Å². The molecule has 11 heavy (non-hydrogen) atoms. The van der Waals surface area contributed by atoms with Crippen molar-refractivity contribution < 1.29 is 19.8 Å². The van der Waals surface area contributed by atoms with Crippen molar-refractivity contribution in [1.29, 1.82) is 0 Å². The van der Waals surface area contributed by atoms with E-state index in [0.29, 0.717) is 12.8 Å². The van der Waals surface area contributed by atoms with Crippen molar-refractivity contribution in [2.24, 2.45) is 5.92 Å². The quantitative estimate of drug-likeness (QED) is 0.477. The maximum atomic E-state index is 10.1. The summed E-state index contributed by atoms with van der Waals surface area (Å²) >= 11 is 0. The Kier molecular flexibility index (Phi) is 4.26. The minimum absolute atomic E-state index is 0.0857. The number of carbonyl (C=O) groups excluding carboxylic acids is 2. The van der Waals surface area contributed by atoms with E-state index in [9.17, 15) is 19.8 Å². The highest BCUT2D eigenvalue weighted by Crippen LogP contribution is 2.05. The number of rotatable bonds is 5. The first-order chi connectivity index (χ1) is 5.04. The van der Waals surface area contributed by atoms with E-state index in [1.807, 2.05) is 0 Å². The van der Waals surface area contributed by atoms with E-state index in [1.54, 1.807) is 0 Å². The molecule has 0 aromatic heterocycles. The Labute approximate surface area is 64.8 Å². The van der Waals surface area contributed by atoms with E-state index in [0.717, 1.165) is 0 Å². The zero-order valence-electron chi connectivity index (χ0n) is 6.33. The average Bonchev–Trinajstić information content (AvgIpc) is 1.86.